The minimum absolute atomic E-state index is 0.212. The summed E-state index contributed by atoms with van der Waals surface area (Å²) < 4.78 is 0. The van der Waals surface area contributed by atoms with E-state index in [2.05, 4.69) is 19.2 Å². The number of carbonyl (C=O) groups excluding carboxylic acids is 1. The Morgan fingerprint density at radius 2 is 1.93 bits per heavy atom. The highest BCUT2D eigenvalue weighted by atomic mass is 16.1. The molecule has 1 rings (SSSR count). The zero-order valence-corrected chi connectivity index (χ0v) is 9.96. The van der Waals surface area contributed by atoms with Crippen molar-refractivity contribution in [2.75, 3.05) is 6.54 Å². The van der Waals surface area contributed by atoms with Crippen molar-refractivity contribution in [1.82, 2.24) is 5.32 Å². The van der Waals surface area contributed by atoms with Crippen LogP contribution in [0.2, 0.25) is 0 Å². The number of nitrogens with two attached hydrogens (primary N) is 1. The summed E-state index contributed by atoms with van der Waals surface area (Å²) in [5, 5.41) is 2.97. The molecule has 0 aromatic carbocycles. The molecule has 0 radical (unpaired) electrons. The highest BCUT2D eigenvalue weighted by molar-refractivity contribution is 5.76. The Morgan fingerprint density at radius 1 is 1.33 bits per heavy atom. The minimum atomic E-state index is 0.212. The van der Waals surface area contributed by atoms with Crippen molar-refractivity contribution in [3.05, 3.63) is 0 Å². The Balaban J connectivity index is 2.15. The van der Waals surface area contributed by atoms with E-state index in [1.807, 2.05) is 0 Å². The van der Waals surface area contributed by atoms with Crippen molar-refractivity contribution < 1.29 is 4.79 Å². The van der Waals surface area contributed by atoms with Crippen LogP contribution in [-0.4, -0.2) is 18.5 Å². The van der Waals surface area contributed by atoms with Gasteiger partial charge in [-0.25, -0.2) is 0 Å². The van der Waals surface area contributed by atoms with Crippen LogP contribution in [0.4, 0.5) is 0 Å². The van der Waals surface area contributed by atoms with Crippen LogP contribution in [0.5, 0.6) is 0 Å². The monoisotopic (exact) mass is 212 g/mol. The van der Waals surface area contributed by atoms with E-state index in [9.17, 15) is 4.79 Å². The summed E-state index contributed by atoms with van der Waals surface area (Å²) >= 11 is 0. The number of amides is 1. The molecule has 1 saturated carbocycles. The fraction of sp³-hybridized carbons (Fsp3) is 0.917. The van der Waals surface area contributed by atoms with Gasteiger partial charge in [0.1, 0.15) is 0 Å². The van der Waals surface area contributed by atoms with Gasteiger partial charge in [-0.3, -0.25) is 4.79 Å². The first-order valence-corrected chi connectivity index (χ1v) is 6.10. The predicted molar refractivity (Wildman–Crippen MR) is 62.4 cm³/mol. The van der Waals surface area contributed by atoms with Gasteiger partial charge in [-0.05, 0) is 37.5 Å². The molecule has 3 N–H and O–H groups in total. The fourth-order valence-electron chi connectivity index (χ4n) is 2.04. The Morgan fingerprint density at radius 3 is 2.47 bits per heavy atom. The summed E-state index contributed by atoms with van der Waals surface area (Å²) in [5.41, 5.74) is 5.83. The third-order valence-corrected chi connectivity index (χ3v) is 3.07. The summed E-state index contributed by atoms with van der Waals surface area (Å²) in [7, 11) is 0. The standard InChI is InChI=1S/C12H24N2O/c1-9(2)8-14-12(15)7-10-3-5-11(13)6-4-10/h9-11H,3-8,13H2,1-2H3,(H,14,15). The molecule has 0 heterocycles. The van der Waals surface area contributed by atoms with E-state index in [1.165, 1.54) is 0 Å². The van der Waals surface area contributed by atoms with Crippen LogP contribution in [-0.2, 0) is 4.79 Å². The maximum absolute atomic E-state index is 11.6. The summed E-state index contributed by atoms with van der Waals surface area (Å²) in [6.07, 6.45) is 5.11. The first-order chi connectivity index (χ1) is 7.08. The lowest BCUT2D eigenvalue weighted by Crippen LogP contribution is -2.32. The average molecular weight is 212 g/mol. The van der Waals surface area contributed by atoms with Crippen LogP contribution in [0.15, 0.2) is 0 Å². The van der Waals surface area contributed by atoms with Gasteiger partial charge in [0.05, 0.1) is 0 Å². The first kappa shape index (κ1) is 12.5. The lowest BCUT2D eigenvalue weighted by atomic mass is 9.84. The highest BCUT2D eigenvalue weighted by Crippen LogP contribution is 2.25. The van der Waals surface area contributed by atoms with Gasteiger partial charge in [0, 0.05) is 19.0 Å². The number of hydrogen-bond acceptors (Lipinski definition) is 2. The molecule has 0 spiro atoms. The number of nitrogens with one attached hydrogen (secondary N) is 1. The molecule has 15 heavy (non-hydrogen) atoms. The molecule has 1 aliphatic carbocycles. The summed E-state index contributed by atoms with van der Waals surface area (Å²) in [4.78, 5) is 11.6. The van der Waals surface area contributed by atoms with Crippen molar-refractivity contribution in [2.24, 2.45) is 17.6 Å². The summed E-state index contributed by atoms with van der Waals surface area (Å²) in [6, 6.07) is 0.375. The second kappa shape index (κ2) is 6.11. The van der Waals surface area contributed by atoms with Gasteiger partial charge in [-0.15, -0.1) is 0 Å². The SMILES string of the molecule is CC(C)CNC(=O)CC1CCC(N)CC1. The second-order valence-corrected chi connectivity index (χ2v) is 5.18. The second-order valence-electron chi connectivity index (χ2n) is 5.18. The van der Waals surface area contributed by atoms with E-state index < -0.39 is 0 Å². The molecule has 0 aromatic rings. The zero-order valence-electron chi connectivity index (χ0n) is 9.96. The quantitative estimate of drug-likeness (QED) is 0.744. The molecule has 0 aromatic heterocycles. The van der Waals surface area contributed by atoms with Crippen molar-refractivity contribution in [3.8, 4) is 0 Å². The van der Waals surface area contributed by atoms with Crippen LogP contribution in [0, 0.1) is 11.8 Å². The van der Waals surface area contributed by atoms with Gasteiger partial charge >= 0.3 is 0 Å². The van der Waals surface area contributed by atoms with Crippen LogP contribution in [0.3, 0.4) is 0 Å². The van der Waals surface area contributed by atoms with Gasteiger partial charge in [0.2, 0.25) is 5.91 Å². The number of hydrogen-bond donors (Lipinski definition) is 2. The van der Waals surface area contributed by atoms with E-state index in [4.69, 9.17) is 5.73 Å². The molecule has 1 fully saturated rings. The third-order valence-electron chi connectivity index (χ3n) is 3.07. The largest absolute Gasteiger partial charge is 0.356 e. The Labute approximate surface area is 92.8 Å². The molecule has 1 amide bonds. The van der Waals surface area contributed by atoms with Gasteiger partial charge in [0.25, 0.3) is 0 Å². The molecule has 0 aliphatic heterocycles. The van der Waals surface area contributed by atoms with Crippen molar-refractivity contribution in [1.29, 1.82) is 0 Å². The minimum Gasteiger partial charge on any atom is -0.356 e. The topological polar surface area (TPSA) is 55.1 Å². The van der Waals surface area contributed by atoms with Crippen molar-refractivity contribution >= 4 is 5.91 Å². The lowest BCUT2D eigenvalue weighted by Gasteiger charge is -2.25. The maximum Gasteiger partial charge on any atom is 0.220 e. The van der Waals surface area contributed by atoms with Gasteiger partial charge in [0.15, 0.2) is 0 Å². The Kier molecular flexibility index (Phi) is 5.09. The molecule has 0 bridgehead atoms. The third kappa shape index (κ3) is 5.17. The maximum atomic E-state index is 11.6. The predicted octanol–water partition coefficient (Wildman–Crippen LogP) is 1.67. The molecular weight excluding hydrogens is 188 g/mol. The van der Waals surface area contributed by atoms with E-state index in [0.29, 0.717) is 24.3 Å². The Bertz CT molecular complexity index is 196. The Hall–Kier alpha value is -0.570. The molecule has 88 valence electrons. The van der Waals surface area contributed by atoms with Crippen molar-refractivity contribution in [3.63, 3.8) is 0 Å². The van der Waals surface area contributed by atoms with E-state index >= 15 is 0 Å². The highest BCUT2D eigenvalue weighted by Gasteiger charge is 2.20. The van der Waals surface area contributed by atoms with Crippen molar-refractivity contribution in [2.45, 2.75) is 52.0 Å². The lowest BCUT2D eigenvalue weighted by molar-refractivity contribution is -0.122. The van der Waals surface area contributed by atoms with Crippen LogP contribution in [0.25, 0.3) is 0 Å². The first-order valence-electron chi connectivity index (χ1n) is 6.10. The van der Waals surface area contributed by atoms with Gasteiger partial charge < -0.3 is 11.1 Å². The van der Waals surface area contributed by atoms with Gasteiger partial charge in [-0.1, -0.05) is 13.8 Å². The smallest absolute Gasteiger partial charge is 0.220 e. The van der Waals surface area contributed by atoms with Crippen LogP contribution < -0.4 is 11.1 Å². The zero-order chi connectivity index (χ0) is 11.3. The summed E-state index contributed by atoms with van der Waals surface area (Å²) in [5.74, 6) is 1.31. The number of carbonyl (C=O) groups is 1. The van der Waals surface area contributed by atoms with E-state index in [0.717, 1.165) is 32.2 Å². The average Bonchev–Trinajstić information content (AvgIpc) is 2.19. The van der Waals surface area contributed by atoms with Crippen LogP contribution >= 0.6 is 0 Å². The molecular formula is C12H24N2O. The molecule has 0 unspecified atom stereocenters. The summed E-state index contributed by atoms with van der Waals surface area (Å²) in [6.45, 7) is 5.02. The van der Waals surface area contributed by atoms with E-state index in [-0.39, 0.29) is 5.91 Å². The fourth-order valence-corrected chi connectivity index (χ4v) is 2.04. The van der Waals surface area contributed by atoms with Gasteiger partial charge in [-0.2, -0.15) is 0 Å². The molecule has 3 heteroatoms. The number of rotatable bonds is 4. The molecule has 0 saturated heterocycles. The molecule has 0 atom stereocenters. The molecule has 1 aliphatic rings. The normalized spacial score (nSPS) is 26.7. The van der Waals surface area contributed by atoms with Crippen LogP contribution in [0.1, 0.15) is 46.0 Å². The molecule has 3 nitrogen and oxygen atoms in total. The van der Waals surface area contributed by atoms with E-state index in [1.54, 1.807) is 0 Å².